The molecule has 1 aromatic heterocycles. The zero-order chi connectivity index (χ0) is 66.3. The molecule has 28 nitrogen and oxygen atoms in total. The Kier molecular flexibility index (Phi) is 25.2. The highest BCUT2D eigenvalue weighted by molar-refractivity contribution is 7.17. The zero-order valence-electron chi connectivity index (χ0n) is 52.3. The summed E-state index contributed by atoms with van der Waals surface area (Å²) in [5, 5.41) is 101. The van der Waals surface area contributed by atoms with Crippen molar-refractivity contribution in [2.24, 2.45) is 11.7 Å². The van der Waals surface area contributed by atoms with E-state index in [-0.39, 0.29) is 42.1 Å². The van der Waals surface area contributed by atoms with Crippen molar-refractivity contribution >= 4 is 58.4 Å². The minimum Gasteiger partial charge on any atom is -0.504 e. The number of carbonyl (C=O) groups excluding carboxylic acids is 7. The smallest absolute Gasteiger partial charge is 0.251 e. The number of piperazine rings is 1. The van der Waals surface area contributed by atoms with Gasteiger partial charge in [-0.2, -0.15) is 0 Å². The lowest BCUT2D eigenvalue weighted by molar-refractivity contribution is -0.147. The molecule has 3 aromatic carbocycles. The molecule has 4 aromatic rings. The van der Waals surface area contributed by atoms with Crippen LogP contribution in [0.4, 0.5) is 5.69 Å². The zero-order valence-corrected chi connectivity index (χ0v) is 53.1. The first-order valence-corrected chi connectivity index (χ1v) is 32.2. The lowest BCUT2D eigenvalue weighted by Crippen LogP contribution is -2.64. The predicted molar refractivity (Wildman–Crippen MR) is 338 cm³/mol. The van der Waals surface area contributed by atoms with Gasteiger partial charge in [0, 0.05) is 107 Å². The molecule has 7 amide bonds. The molecule has 0 spiro atoms. The van der Waals surface area contributed by atoms with Crippen LogP contribution in [0.3, 0.4) is 0 Å². The number of aromatic nitrogens is 2. The second kappa shape index (κ2) is 32.9. The number of anilines is 1. The van der Waals surface area contributed by atoms with Gasteiger partial charge in [-0.05, 0) is 93.4 Å². The number of nitrogens with one attached hydrogen (secondary N) is 5. The van der Waals surface area contributed by atoms with E-state index in [0.29, 0.717) is 15.6 Å². The Balaban J connectivity index is 1.01. The van der Waals surface area contributed by atoms with E-state index >= 15 is 0 Å². The molecule has 13 atom stereocenters. The van der Waals surface area contributed by atoms with Crippen molar-refractivity contribution in [3.05, 3.63) is 77.9 Å². The van der Waals surface area contributed by atoms with Crippen molar-refractivity contribution in [1.29, 1.82) is 0 Å². The second-order valence-electron chi connectivity index (χ2n) is 24.2. The Morgan fingerprint density at radius 2 is 1.36 bits per heavy atom. The van der Waals surface area contributed by atoms with E-state index in [1.165, 1.54) is 74.5 Å². The second-order valence-corrected chi connectivity index (χ2v) is 25.2. The van der Waals surface area contributed by atoms with Gasteiger partial charge >= 0.3 is 0 Å². The van der Waals surface area contributed by atoms with Crippen LogP contribution in [0.5, 0.6) is 11.5 Å². The first-order valence-electron chi connectivity index (χ1n) is 31.3. The number of nitrogens with zero attached hydrogens (tertiary/aromatic N) is 6. The fourth-order valence-corrected chi connectivity index (χ4v) is 12.9. The van der Waals surface area contributed by atoms with E-state index in [4.69, 9.17) is 15.2 Å². The molecule has 5 heterocycles. The number of carbonyl (C=O) groups is 7. The highest BCUT2D eigenvalue weighted by atomic mass is 32.1. The van der Waals surface area contributed by atoms with Crippen molar-refractivity contribution in [2.75, 3.05) is 84.6 Å². The van der Waals surface area contributed by atoms with Gasteiger partial charge in [0.25, 0.3) is 5.91 Å². The average molecular weight is 1300 g/mol. The van der Waals surface area contributed by atoms with Gasteiger partial charge in [0.15, 0.2) is 11.5 Å². The van der Waals surface area contributed by atoms with Gasteiger partial charge in [-0.1, -0.05) is 55.7 Å². The number of hydrogen-bond acceptors (Lipinski definition) is 22. The highest BCUT2D eigenvalue weighted by Crippen LogP contribution is 2.33. The third kappa shape index (κ3) is 17.8. The van der Waals surface area contributed by atoms with Crippen LogP contribution >= 0.6 is 11.3 Å². The minimum absolute atomic E-state index is 0.00252. The number of aromatic hydroxyl groups is 1. The van der Waals surface area contributed by atoms with Crippen molar-refractivity contribution < 1.29 is 78.8 Å². The number of β-amino-alcohol motifs (C(OH)–C–C–N with tert-alkyl or cyclic N) is 1. The largest absolute Gasteiger partial charge is 0.504 e. The summed E-state index contributed by atoms with van der Waals surface area (Å²) in [4.78, 5) is 108. The van der Waals surface area contributed by atoms with Crippen LogP contribution in [0, 0.1) is 5.92 Å². The third-order valence-electron chi connectivity index (χ3n) is 17.4. The van der Waals surface area contributed by atoms with Crippen LogP contribution < -0.4 is 42.0 Å². The van der Waals surface area contributed by atoms with Gasteiger partial charge in [-0.15, -0.1) is 10.2 Å². The SMILES string of the molecule is COCCCCCCCN1CCN(c2ccc(-c3nnc(-c4ccc(C(=O)NC5C[C@@H](O)CNC(=O)[C@@H]6[C@@H](O)[C@@H](C)CN6C(=O)[C@H]([C@H](O)CCN)NC(=O)[C@H]([C@H](O)Cc6ccc(O)c(OC)c6)NC(=O)[C@@H]6C[C@@H](O)CN6C(=O)[C@H]([C@@H](C)O)NC5=O)cc4)s3)cc2)CC1. The molecule has 29 heteroatoms. The molecule has 0 aliphatic carbocycles. The normalized spacial score (nSPS) is 26.0. The third-order valence-corrected chi connectivity index (χ3v) is 18.4. The Hall–Kier alpha value is -7.45. The fraction of sp³-hybridized carbons (Fsp3) is 0.571. The monoisotopic (exact) mass is 1300 g/mol. The first-order chi connectivity index (χ1) is 44.1. The highest BCUT2D eigenvalue weighted by Gasteiger charge is 2.50. The number of nitrogens with two attached hydrogens (primary N) is 1. The van der Waals surface area contributed by atoms with Gasteiger partial charge in [-0.3, -0.25) is 38.5 Å². The minimum atomic E-state index is -2.02. The van der Waals surface area contributed by atoms with Gasteiger partial charge in [0.2, 0.25) is 35.4 Å². The van der Waals surface area contributed by atoms with Crippen LogP contribution in [0.15, 0.2) is 66.7 Å². The molecule has 0 bridgehead atoms. The van der Waals surface area contributed by atoms with Crippen LogP contribution in [-0.4, -0.2) is 255 Å². The number of fused-ring (bicyclic) bond motifs is 2. The number of ether oxygens (including phenoxy) is 2. The number of methoxy groups -OCH3 is 2. The molecule has 0 saturated carbocycles. The molecule has 4 aliphatic heterocycles. The first kappa shape index (κ1) is 70.4. The molecule has 4 aliphatic rings. The predicted octanol–water partition coefficient (Wildman–Crippen LogP) is -1.40. The van der Waals surface area contributed by atoms with Gasteiger partial charge in [0.1, 0.15) is 46.3 Å². The lowest BCUT2D eigenvalue weighted by Gasteiger charge is -2.36. The Morgan fingerprint density at radius 1 is 0.728 bits per heavy atom. The summed E-state index contributed by atoms with van der Waals surface area (Å²) in [7, 11) is 3.02. The Bertz CT molecular complexity index is 3150. The van der Waals surface area contributed by atoms with E-state index in [9.17, 15) is 69.3 Å². The molecular weight excluding hydrogens is 1210 g/mol. The maximum atomic E-state index is 14.7. The lowest BCUT2D eigenvalue weighted by atomic mass is 9.98. The molecule has 8 rings (SSSR count). The number of aliphatic hydroxyl groups is 6. The summed E-state index contributed by atoms with van der Waals surface area (Å²) in [5.74, 6) is -8.51. The van der Waals surface area contributed by atoms with Crippen molar-refractivity contribution in [1.82, 2.24) is 51.5 Å². The van der Waals surface area contributed by atoms with Crippen LogP contribution in [0.1, 0.15) is 81.1 Å². The topological polar surface area (TPSA) is 404 Å². The summed E-state index contributed by atoms with van der Waals surface area (Å²) in [6.45, 7) is 6.84. The molecule has 14 N–H and O–H groups in total. The van der Waals surface area contributed by atoms with E-state index in [1.807, 2.05) is 12.1 Å². The van der Waals surface area contributed by atoms with E-state index < -0.39 is 152 Å². The van der Waals surface area contributed by atoms with Gasteiger partial charge in [0.05, 0.1) is 43.7 Å². The fourth-order valence-electron chi connectivity index (χ4n) is 12.1. The summed E-state index contributed by atoms with van der Waals surface area (Å²) >= 11 is 1.35. The Labute approximate surface area is 537 Å². The number of unbranched alkanes of at least 4 members (excludes halogenated alkanes) is 4. The number of phenolic OH excluding ortho intramolecular Hbond substituents is 1. The molecule has 4 saturated heterocycles. The molecule has 0 radical (unpaired) electrons. The number of phenols is 1. The summed E-state index contributed by atoms with van der Waals surface area (Å²) in [5.41, 5.74) is 8.76. The summed E-state index contributed by atoms with van der Waals surface area (Å²) in [6, 6.07) is 7.59. The van der Waals surface area contributed by atoms with Crippen molar-refractivity contribution in [3.63, 3.8) is 0 Å². The van der Waals surface area contributed by atoms with Crippen LogP contribution in [0.2, 0.25) is 0 Å². The number of hydrogen-bond donors (Lipinski definition) is 13. The maximum absolute atomic E-state index is 14.7. The number of rotatable bonds is 21. The van der Waals surface area contributed by atoms with Crippen molar-refractivity contribution in [2.45, 2.75) is 145 Å². The molecule has 92 heavy (non-hydrogen) atoms. The summed E-state index contributed by atoms with van der Waals surface area (Å²) < 4.78 is 10.4. The van der Waals surface area contributed by atoms with Gasteiger partial charge in [-0.25, -0.2) is 0 Å². The number of amides is 7. The maximum Gasteiger partial charge on any atom is 0.251 e. The van der Waals surface area contributed by atoms with E-state index in [2.05, 4.69) is 58.7 Å². The van der Waals surface area contributed by atoms with Crippen LogP contribution in [-0.2, 0) is 39.9 Å². The standard InChI is InChI=1S/C63H88N12O16S/c1-35-33-75-53(54(35)82)59(87)65-32-42(77)30-44(66-55(83)38-11-13-39(14-12-38)60-70-71-61(92-60)40-15-17-41(18-16-40)73-25-23-72(24-26-73)22-8-6-5-7-9-27-90-3)56(84)67-50(36(2)76)62(88)74-34-43(78)31-45(74)57(85)68-51(58(86)69-52(63(75)89)47(80)20-21-64)48(81)28-37-10-19-46(79)49(29-37)91-4/h10-19,29,35-36,42-45,47-48,50-54,76-82H,5-9,20-28,30-34,64H2,1-4H3,(H,65,87)(H,66,83)(H,67,84)(H,68,85)(H,69,86)/t35-,36+,42+,43+,44?,45-,47+,48+,50-,51-,52-,53-,54-/m0/s1. The molecule has 4 fully saturated rings. The molecular formula is C63H88N12O16S. The van der Waals surface area contributed by atoms with Gasteiger partial charge < -0.3 is 92.2 Å². The number of aliphatic hydroxyl groups excluding tert-OH is 6. The Morgan fingerprint density at radius 3 is 2.01 bits per heavy atom. The summed E-state index contributed by atoms with van der Waals surface area (Å²) in [6.07, 6.45) is -5.77. The molecule has 502 valence electrons. The quantitative estimate of drug-likeness (QED) is 0.0427. The average Bonchev–Trinajstić information content (AvgIpc) is 1.75. The molecule has 1 unspecified atom stereocenters. The van der Waals surface area contributed by atoms with E-state index in [0.717, 1.165) is 73.7 Å². The number of benzene rings is 3. The van der Waals surface area contributed by atoms with Crippen molar-refractivity contribution in [3.8, 4) is 32.6 Å². The van der Waals surface area contributed by atoms with E-state index in [1.54, 1.807) is 26.2 Å². The van der Waals surface area contributed by atoms with Crippen LogP contribution in [0.25, 0.3) is 21.1 Å².